The van der Waals surface area contributed by atoms with Crippen molar-refractivity contribution < 1.29 is 14.3 Å². The number of likely N-dealkylation sites (tertiary alicyclic amines) is 2. The molecule has 3 heterocycles. The smallest absolute Gasteiger partial charge is 0.318 e. The summed E-state index contributed by atoms with van der Waals surface area (Å²) in [5.41, 5.74) is 1.73. The maximum atomic E-state index is 13.8. The molecule has 10 heteroatoms. The molecular weight excluding hydrogens is 549 g/mol. The molecule has 0 saturated carbocycles. The molecule has 2 fully saturated rings. The number of ether oxygens (including phenoxy) is 1. The second-order valence-electron chi connectivity index (χ2n) is 11.0. The number of aromatic nitrogens is 1. The molecule has 0 spiro atoms. The van der Waals surface area contributed by atoms with Gasteiger partial charge >= 0.3 is 6.03 Å². The second-order valence-corrected chi connectivity index (χ2v) is 11.9. The summed E-state index contributed by atoms with van der Waals surface area (Å²) in [7, 11) is 4.09. The first-order valence-electron chi connectivity index (χ1n) is 14.3. The molecule has 4 rings (SSSR count). The van der Waals surface area contributed by atoms with E-state index in [9.17, 15) is 9.59 Å². The number of rotatable bonds is 10. The van der Waals surface area contributed by atoms with Crippen LogP contribution in [0.3, 0.4) is 0 Å². The van der Waals surface area contributed by atoms with Crippen molar-refractivity contribution in [3.8, 4) is 5.75 Å². The lowest BCUT2D eigenvalue weighted by Gasteiger charge is -2.35. The molecule has 218 valence electrons. The maximum absolute atomic E-state index is 13.8. The molecule has 2 saturated heterocycles. The van der Waals surface area contributed by atoms with Gasteiger partial charge in [-0.1, -0.05) is 36.2 Å². The van der Waals surface area contributed by atoms with E-state index in [4.69, 9.17) is 32.9 Å². The molecule has 1 aromatic carbocycles. The highest BCUT2D eigenvalue weighted by atomic mass is 35.5. The fraction of sp³-hybridized carbons (Fsp3) is 0.567. The van der Waals surface area contributed by atoms with E-state index in [1.807, 2.05) is 43.4 Å². The Hall–Kier alpha value is -2.55. The van der Waals surface area contributed by atoms with Crippen molar-refractivity contribution >= 4 is 35.1 Å². The first-order chi connectivity index (χ1) is 19.2. The molecule has 0 unspecified atom stereocenters. The van der Waals surface area contributed by atoms with Crippen molar-refractivity contribution in [3.05, 3.63) is 57.8 Å². The number of nitrogens with zero attached hydrogens (tertiary/aromatic N) is 4. The van der Waals surface area contributed by atoms with Crippen molar-refractivity contribution in [2.75, 3.05) is 46.8 Å². The lowest BCUT2D eigenvalue weighted by molar-refractivity contribution is -0.134. The van der Waals surface area contributed by atoms with E-state index in [-0.39, 0.29) is 24.0 Å². The van der Waals surface area contributed by atoms with Crippen LogP contribution in [0.2, 0.25) is 10.0 Å². The standard InChI is InChI=1S/C30H41Cl2N5O3/c1-4-24(20-35(2)3)40-27-8-7-13-33-28(27)21-11-16-36(17-12-21)29(38)26(34-30(39)37-14-5-6-15-37)18-22-9-10-23(31)19-25(22)32/h7-10,13,19,21,24,26H,4-6,11-12,14-18,20H2,1-3H3,(H,34,39)/t24-,26-/m1/s1. The van der Waals surface area contributed by atoms with Gasteiger partial charge in [-0.15, -0.1) is 0 Å². The molecule has 40 heavy (non-hydrogen) atoms. The Labute approximate surface area is 248 Å². The van der Waals surface area contributed by atoms with E-state index in [1.165, 1.54) is 0 Å². The zero-order valence-electron chi connectivity index (χ0n) is 23.7. The van der Waals surface area contributed by atoms with Crippen molar-refractivity contribution in [1.29, 1.82) is 0 Å². The summed E-state index contributed by atoms with van der Waals surface area (Å²) in [5, 5.41) is 4.03. The van der Waals surface area contributed by atoms with E-state index < -0.39 is 6.04 Å². The minimum Gasteiger partial charge on any atom is -0.487 e. The zero-order chi connectivity index (χ0) is 28.6. The van der Waals surface area contributed by atoms with Crippen LogP contribution in [0.5, 0.6) is 5.75 Å². The van der Waals surface area contributed by atoms with Crippen LogP contribution in [0.4, 0.5) is 4.79 Å². The van der Waals surface area contributed by atoms with E-state index in [0.717, 1.165) is 55.7 Å². The van der Waals surface area contributed by atoms with E-state index in [1.54, 1.807) is 17.0 Å². The zero-order valence-corrected chi connectivity index (χ0v) is 25.3. The largest absolute Gasteiger partial charge is 0.487 e. The lowest BCUT2D eigenvalue weighted by atomic mass is 9.91. The summed E-state index contributed by atoms with van der Waals surface area (Å²) < 4.78 is 6.39. The Bertz CT molecular complexity index is 1150. The fourth-order valence-electron chi connectivity index (χ4n) is 5.51. The van der Waals surface area contributed by atoms with Crippen LogP contribution in [0.25, 0.3) is 0 Å². The van der Waals surface area contributed by atoms with Gasteiger partial charge in [0.15, 0.2) is 0 Å². The number of hydrogen-bond donors (Lipinski definition) is 1. The highest BCUT2D eigenvalue weighted by Gasteiger charge is 2.33. The van der Waals surface area contributed by atoms with Gasteiger partial charge in [0.2, 0.25) is 5.91 Å². The summed E-state index contributed by atoms with van der Waals surface area (Å²) in [6, 6.07) is 8.24. The second kappa shape index (κ2) is 14.4. The Morgan fingerprint density at radius 1 is 1.10 bits per heavy atom. The number of halogens is 2. The molecule has 3 amide bonds. The number of amides is 3. The Balaban J connectivity index is 1.44. The molecule has 2 aliphatic rings. The number of carbonyl (C=O) groups excluding carboxylic acids is 2. The molecule has 1 aromatic heterocycles. The van der Waals surface area contributed by atoms with Gasteiger partial charge in [-0.2, -0.15) is 0 Å². The topological polar surface area (TPSA) is 78.0 Å². The molecule has 0 aliphatic carbocycles. The molecular formula is C30H41Cl2N5O3. The molecule has 1 N–H and O–H groups in total. The normalized spacial score (nSPS) is 17.6. The highest BCUT2D eigenvalue weighted by Crippen LogP contribution is 2.34. The van der Waals surface area contributed by atoms with Gasteiger partial charge in [0.1, 0.15) is 17.9 Å². The monoisotopic (exact) mass is 589 g/mol. The molecule has 0 radical (unpaired) electrons. The van der Waals surface area contributed by atoms with Gasteiger partial charge in [-0.25, -0.2) is 4.79 Å². The third-order valence-corrected chi connectivity index (χ3v) is 8.33. The summed E-state index contributed by atoms with van der Waals surface area (Å²) in [6.07, 6.45) is 6.62. The highest BCUT2D eigenvalue weighted by molar-refractivity contribution is 6.35. The molecule has 2 aromatic rings. The van der Waals surface area contributed by atoms with Crippen LogP contribution in [0.15, 0.2) is 36.5 Å². The van der Waals surface area contributed by atoms with Crippen molar-refractivity contribution in [2.24, 2.45) is 0 Å². The first-order valence-corrected chi connectivity index (χ1v) is 15.0. The van der Waals surface area contributed by atoms with Gasteiger partial charge in [0, 0.05) is 61.3 Å². The van der Waals surface area contributed by atoms with Crippen LogP contribution < -0.4 is 10.1 Å². The first kappa shape index (κ1) is 30.4. The number of carbonyl (C=O) groups is 2. The van der Waals surface area contributed by atoms with Gasteiger partial charge in [0.25, 0.3) is 0 Å². The number of nitrogens with one attached hydrogen (secondary N) is 1. The van der Waals surface area contributed by atoms with Crippen LogP contribution in [0.1, 0.15) is 56.2 Å². The van der Waals surface area contributed by atoms with Crippen LogP contribution in [0, 0.1) is 0 Å². The molecule has 0 bridgehead atoms. The van der Waals surface area contributed by atoms with Gasteiger partial charge in [-0.3, -0.25) is 9.78 Å². The number of piperidine rings is 1. The third kappa shape index (κ3) is 8.02. The van der Waals surface area contributed by atoms with Crippen molar-refractivity contribution in [3.63, 3.8) is 0 Å². The summed E-state index contributed by atoms with van der Waals surface area (Å²) >= 11 is 12.5. The minimum atomic E-state index is -0.714. The quantitative estimate of drug-likeness (QED) is 0.410. The van der Waals surface area contributed by atoms with Crippen molar-refractivity contribution in [1.82, 2.24) is 25.0 Å². The fourth-order valence-corrected chi connectivity index (χ4v) is 5.99. The summed E-state index contributed by atoms with van der Waals surface area (Å²) in [5.74, 6) is 0.932. The average molecular weight is 591 g/mol. The molecule has 8 nitrogen and oxygen atoms in total. The van der Waals surface area contributed by atoms with Crippen LogP contribution >= 0.6 is 23.2 Å². The van der Waals surface area contributed by atoms with E-state index >= 15 is 0 Å². The van der Waals surface area contributed by atoms with E-state index in [2.05, 4.69) is 17.1 Å². The number of benzene rings is 1. The maximum Gasteiger partial charge on any atom is 0.318 e. The van der Waals surface area contributed by atoms with E-state index in [0.29, 0.717) is 42.6 Å². The van der Waals surface area contributed by atoms with Gasteiger partial charge in [-0.05, 0) is 76.0 Å². The van der Waals surface area contributed by atoms with Crippen molar-refractivity contribution in [2.45, 2.75) is 63.5 Å². The Morgan fingerprint density at radius 3 is 2.48 bits per heavy atom. The van der Waals surface area contributed by atoms with Crippen LogP contribution in [-0.4, -0.2) is 90.6 Å². The third-order valence-electron chi connectivity index (χ3n) is 7.74. The summed E-state index contributed by atoms with van der Waals surface area (Å²) in [4.78, 5) is 37.3. The van der Waals surface area contributed by atoms with Gasteiger partial charge in [0.05, 0.1) is 5.69 Å². The Morgan fingerprint density at radius 2 is 1.82 bits per heavy atom. The SMILES string of the molecule is CC[C@H](CN(C)C)Oc1cccnc1C1CCN(C(=O)[C@@H](Cc2ccc(Cl)cc2Cl)NC(=O)N2CCCC2)CC1. The lowest BCUT2D eigenvalue weighted by Crippen LogP contribution is -2.54. The summed E-state index contributed by atoms with van der Waals surface area (Å²) in [6.45, 7) is 5.55. The number of likely N-dealkylation sites (N-methyl/N-ethyl adjacent to an activating group) is 1. The molecule has 2 atom stereocenters. The average Bonchev–Trinajstić information content (AvgIpc) is 3.49. The predicted molar refractivity (Wildman–Crippen MR) is 159 cm³/mol. The number of hydrogen-bond acceptors (Lipinski definition) is 5. The minimum absolute atomic E-state index is 0.0827. The number of pyridine rings is 1. The van der Waals surface area contributed by atoms with Crippen LogP contribution in [-0.2, 0) is 11.2 Å². The van der Waals surface area contributed by atoms with Gasteiger partial charge < -0.3 is 24.8 Å². The number of urea groups is 1. The Kier molecular flexibility index (Phi) is 10.9. The predicted octanol–water partition coefficient (Wildman–Crippen LogP) is 5.23. The molecule has 2 aliphatic heterocycles.